The summed E-state index contributed by atoms with van der Waals surface area (Å²) >= 11 is 0. The molecule has 1 atom stereocenters. The minimum Gasteiger partial charge on any atom is -0.465 e. The lowest BCUT2D eigenvalue weighted by atomic mass is 10.1. The fraction of sp³-hybridized carbons (Fsp3) is 0.562. The monoisotopic (exact) mass is 404 g/mol. The number of carbonyl (C=O) groups is 1. The smallest absolute Gasteiger partial charge is 0.407 e. The van der Waals surface area contributed by atoms with Crippen LogP contribution in [0.25, 0.3) is 0 Å². The summed E-state index contributed by atoms with van der Waals surface area (Å²) < 4.78 is 51.8. The Hall–Kier alpha value is -1.65. The van der Waals surface area contributed by atoms with Crippen LogP contribution in [0.4, 0.5) is 4.79 Å². The molecule has 1 N–H and O–H groups in total. The first-order valence-electron chi connectivity index (χ1n) is 8.46. The highest BCUT2D eigenvalue weighted by molar-refractivity contribution is 7.92. The molecule has 2 rings (SSSR count). The summed E-state index contributed by atoms with van der Waals surface area (Å²) in [6, 6.07) is 5.15. The topological polar surface area (TPSA) is 112 Å². The van der Waals surface area contributed by atoms with Crippen LogP contribution in [0, 0.1) is 0 Å². The second kappa shape index (κ2) is 7.93. The van der Waals surface area contributed by atoms with E-state index >= 15 is 0 Å². The molecule has 8 nitrogen and oxygen atoms in total. The number of hydrogen-bond donors (Lipinski definition) is 1. The Morgan fingerprint density at radius 3 is 2.15 bits per heavy atom. The first kappa shape index (κ1) is 20.7. The number of hydrogen-bond acceptors (Lipinski definition) is 5. The zero-order valence-corrected chi connectivity index (χ0v) is 16.5. The Morgan fingerprint density at radius 2 is 1.65 bits per heavy atom. The SMILES string of the molecule is CCN(CC)S(=O)(=O)c1ccc(S(=O)(=O)C2CCCN(C(=O)O)C2)cc1. The van der Waals surface area contributed by atoms with Gasteiger partial charge in [0, 0.05) is 26.2 Å². The molecule has 1 aliphatic heterocycles. The van der Waals surface area contributed by atoms with Gasteiger partial charge in [0.25, 0.3) is 0 Å². The zero-order chi connectivity index (χ0) is 19.5. The highest BCUT2D eigenvalue weighted by Gasteiger charge is 2.34. The normalized spacial score (nSPS) is 18.9. The van der Waals surface area contributed by atoms with Gasteiger partial charge in [-0.05, 0) is 37.1 Å². The van der Waals surface area contributed by atoms with E-state index in [0.29, 0.717) is 32.5 Å². The molecule has 0 bridgehead atoms. The van der Waals surface area contributed by atoms with E-state index in [1.807, 2.05) is 0 Å². The van der Waals surface area contributed by atoms with Crippen LogP contribution in [0.5, 0.6) is 0 Å². The lowest BCUT2D eigenvalue weighted by Gasteiger charge is -2.30. The van der Waals surface area contributed by atoms with Crippen molar-refractivity contribution >= 4 is 26.0 Å². The molecule has 1 aliphatic rings. The summed E-state index contributed by atoms with van der Waals surface area (Å²) in [5, 5.41) is 8.26. The predicted molar refractivity (Wildman–Crippen MR) is 96.4 cm³/mol. The third-order valence-corrected chi connectivity index (χ3v) is 8.84. The Labute approximate surface area is 154 Å². The number of likely N-dealkylation sites (tertiary alicyclic amines) is 1. The average molecular weight is 405 g/mol. The van der Waals surface area contributed by atoms with Crippen LogP contribution in [0.2, 0.25) is 0 Å². The lowest BCUT2D eigenvalue weighted by Crippen LogP contribution is -2.44. The average Bonchev–Trinajstić information content (AvgIpc) is 2.62. The summed E-state index contributed by atoms with van der Waals surface area (Å²) in [6.45, 7) is 4.37. The van der Waals surface area contributed by atoms with E-state index in [4.69, 9.17) is 5.11 Å². The van der Waals surface area contributed by atoms with Gasteiger partial charge in [0.15, 0.2) is 9.84 Å². The fourth-order valence-corrected chi connectivity index (χ4v) is 6.28. The van der Waals surface area contributed by atoms with E-state index in [1.54, 1.807) is 13.8 Å². The number of nitrogens with zero attached hydrogens (tertiary/aromatic N) is 2. The number of sulfonamides is 1. The molecule has 1 aromatic carbocycles. The van der Waals surface area contributed by atoms with E-state index in [1.165, 1.54) is 28.6 Å². The maximum absolute atomic E-state index is 12.8. The zero-order valence-electron chi connectivity index (χ0n) is 14.8. The second-order valence-corrected chi connectivity index (χ2v) is 10.3. The first-order valence-corrected chi connectivity index (χ1v) is 11.4. The van der Waals surface area contributed by atoms with E-state index in [2.05, 4.69) is 0 Å². The highest BCUT2D eigenvalue weighted by atomic mass is 32.2. The quantitative estimate of drug-likeness (QED) is 0.771. The predicted octanol–water partition coefficient (Wildman–Crippen LogP) is 1.63. The van der Waals surface area contributed by atoms with Gasteiger partial charge in [-0.15, -0.1) is 0 Å². The number of carboxylic acid groups (broad SMARTS) is 1. The molecule has 0 radical (unpaired) electrons. The molecule has 1 amide bonds. The molecule has 1 unspecified atom stereocenters. The van der Waals surface area contributed by atoms with Crippen molar-refractivity contribution in [2.24, 2.45) is 0 Å². The van der Waals surface area contributed by atoms with Crippen molar-refractivity contribution in [2.45, 2.75) is 41.7 Å². The molecule has 26 heavy (non-hydrogen) atoms. The van der Waals surface area contributed by atoms with Crippen LogP contribution in [0.3, 0.4) is 0 Å². The maximum Gasteiger partial charge on any atom is 0.407 e. The number of amides is 1. The molecule has 0 spiro atoms. The van der Waals surface area contributed by atoms with Gasteiger partial charge in [0.1, 0.15) is 0 Å². The van der Waals surface area contributed by atoms with Crippen LogP contribution in [0.15, 0.2) is 34.1 Å². The minimum absolute atomic E-state index is 0.00763. The van der Waals surface area contributed by atoms with Crippen LogP contribution in [0.1, 0.15) is 26.7 Å². The van der Waals surface area contributed by atoms with Crippen molar-refractivity contribution < 1.29 is 26.7 Å². The maximum atomic E-state index is 12.8. The Kier molecular flexibility index (Phi) is 6.30. The number of benzene rings is 1. The summed E-state index contributed by atoms with van der Waals surface area (Å²) in [5.74, 6) is 0. The largest absolute Gasteiger partial charge is 0.465 e. The van der Waals surface area contributed by atoms with Gasteiger partial charge in [-0.3, -0.25) is 0 Å². The van der Waals surface area contributed by atoms with Gasteiger partial charge in [0.05, 0.1) is 15.0 Å². The van der Waals surface area contributed by atoms with Gasteiger partial charge in [0.2, 0.25) is 10.0 Å². The molecule has 1 heterocycles. The van der Waals surface area contributed by atoms with E-state index in [9.17, 15) is 21.6 Å². The minimum atomic E-state index is -3.74. The lowest BCUT2D eigenvalue weighted by molar-refractivity contribution is 0.136. The van der Waals surface area contributed by atoms with Crippen LogP contribution < -0.4 is 0 Å². The number of rotatable bonds is 6. The highest BCUT2D eigenvalue weighted by Crippen LogP contribution is 2.25. The Bertz CT molecular complexity index is 845. The van der Waals surface area contributed by atoms with Crippen LogP contribution in [-0.2, 0) is 19.9 Å². The van der Waals surface area contributed by atoms with Gasteiger partial charge < -0.3 is 10.0 Å². The molecule has 0 aromatic heterocycles. The molecule has 1 fully saturated rings. The summed E-state index contributed by atoms with van der Waals surface area (Å²) in [4.78, 5) is 12.2. The molecule has 1 aromatic rings. The standard InChI is InChI=1S/C16H24N2O6S2/c1-3-18(4-2)26(23,24)14-9-7-13(8-10-14)25(21,22)15-6-5-11-17(12-15)16(19)20/h7-10,15H,3-6,11-12H2,1-2H3,(H,19,20). The first-order chi connectivity index (χ1) is 12.1. The van der Waals surface area contributed by atoms with Crippen molar-refractivity contribution in [2.75, 3.05) is 26.2 Å². The molecule has 0 saturated carbocycles. The van der Waals surface area contributed by atoms with Gasteiger partial charge in [-0.1, -0.05) is 13.8 Å². The Balaban J connectivity index is 2.28. The van der Waals surface area contributed by atoms with Crippen LogP contribution in [-0.4, -0.2) is 68.7 Å². The Morgan fingerprint density at radius 1 is 1.12 bits per heavy atom. The van der Waals surface area contributed by atoms with Gasteiger partial charge in [-0.2, -0.15) is 4.31 Å². The number of piperidine rings is 1. The van der Waals surface area contributed by atoms with Crippen molar-refractivity contribution in [3.8, 4) is 0 Å². The molecule has 146 valence electrons. The van der Waals surface area contributed by atoms with Crippen LogP contribution >= 0.6 is 0 Å². The van der Waals surface area contributed by atoms with Crippen molar-refractivity contribution in [1.82, 2.24) is 9.21 Å². The third-order valence-electron chi connectivity index (χ3n) is 4.58. The molecular weight excluding hydrogens is 380 g/mol. The fourth-order valence-electron chi connectivity index (χ4n) is 3.07. The molecular formula is C16H24N2O6S2. The third kappa shape index (κ3) is 4.02. The summed E-state index contributed by atoms with van der Waals surface area (Å²) in [5.41, 5.74) is 0. The second-order valence-electron chi connectivity index (χ2n) is 6.10. The molecule has 10 heteroatoms. The number of sulfone groups is 1. The van der Waals surface area contributed by atoms with E-state index in [0.717, 1.165) is 4.90 Å². The van der Waals surface area contributed by atoms with Crippen molar-refractivity contribution in [3.63, 3.8) is 0 Å². The van der Waals surface area contributed by atoms with Gasteiger partial charge >= 0.3 is 6.09 Å². The van der Waals surface area contributed by atoms with Crippen molar-refractivity contribution in [1.29, 1.82) is 0 Å². The summed E-state index contributed by atoms with van der Waals surface area (Å²) in [7, 11) is -7.39. The van der Waals surface area contributed by atoms with Crippen molar-refractivity contribution in [3.05, 3.63) is 24.3 Å². The summed E-state index contributed by atoms with van der Waals surface area (Å²) in [6.07, 6.45) is -0.276. The molecule has 0 aliphatic carbocycles. The van der Waals surface area contributed by atoms with E-state index in [-0.39, 0.29) is 16.3 Å². The molecule has 1 saturated heterocycles. The van der Waals surface area contributed by atoms with Gasteiger partial charge in [-0.25, -0.2) is 21.6 Å². The van der Waals surface area contributed by atoms with E-state index < -0.39 is 31.2 Å².